The number of ether oxygens (including phenoxy) is 4. The summed E-state index contributed by atoms with van der Waals surface area (Å²) < 4.78 is 26.1. The van der Waals surface area contributed by atoms with Crippen LogP contribution in [-0.4, -0.2) is 30.4 Å². The van der Waals surface area contributed by atoms with Crippen LogP contribution >= 0.6 is 27.3 Å². The number of aromatic nitrogens is 1. The first kappa shape index (κ1) is 32.2. The van der Waals surface area contributed by atoms with Gasteiger partial charge in [-0.05, 0) is 86.0 Å². The zero-order valence-corrected chi connectivity index (χ0v) is 28.5. The third-order valence-electron chi connectivity index (χ3n) is 7.15. The van der Waals surface area contributed by atoms with Gasteiger partial charge in [-0.15, -0.1) is 0 Å². The van der Waals surface area contributed by atoms with E-state index >= 15 is 0 Å². The standard InChI is InChI=1S/C35H35BrN2O6S/c1-7-42-34(40)30-22(5)37-35-38(31(30)25-10-8-9-11-27(25)44-20(2)3)33(39)29(45-35)18-24-16-26(36)32(28(17-24)41-6)43-19-23-14-12-21(4)13-15-23/h8-18,20,31H,7,19H2,1-6H3/b29-18+/t31-/m0/s1. The van der Waals surface area contributed by atoms with Gasteiger partial charge in [0, 0.05) is 5.56 Å². The van der Waals surface area contributed by atoms with E-state index in [1.807, 2.05) is 81.4 Å². The highest BCUT2D eigenvalue weighted by molar-refractivity contribution is 9.10. The molecule has 0 saturated carbocycles. The Morgan fingerprint density at radius 3 is 2.51 bits per heavy atom. The maximum atomic E-state index is 14.2. The van der Waals surface area contributed by atoms with Gasteiger partial charge in [0.15, 0.2) is 16.3 Å². The summed E-state index contributed by atoms with van der Waals surface area (Å²) in [5.74, 6) is 1.15. The molecule has 5 rings (SSSR count). The average molecular weight is 692 g/mol. The molecule has 10 heteroatoms. The fourth-order valence-corrected chi connectivity index (χ4v) is 6.73. The molecule has 0 aliphatic carbocycles. The van der Waals surface area contributed by atoms with E-state index in [-0.39, 0.29) is 18.3 Å². The van der Waals surface area contributed by atoms with Gasteiger partial charge in [0.25, 0.3) is 5.56 Å². The Morgan fingerprint density at radius 1 is 1.09 bits per heavy atom. The predicted molar refractivity (Wildman–Crippen MR) is 179 cm³/mol. The summed E-state index contributed by atoms with van der Waals surface area (Å²) in [7, 11) is 1.58. The molecule has 0 bridgehead atoms. The number of methoxy groups -OCH3 is 1. The quantitative estimate of drug-likeness (QED) is 0.183. The zero-order chi connectivity index (χ0) is 32.2. The third-order valence-corrected chi connectivity index (χ3v) is 8.72. The van der Waals surface area contributed by atoms with E-state index in [1.165, 1.54) is 16.9 Å². The normalized spacial score (nSPS) is 14.7. The molecule has 0 amide bonds. The van der Waals surface area contributed by atoms with Crippen molar-refractivity contribution in [1.82, 2.24) is 4.57 Å². The van der Waals surface area contributed by atoms with Crippen LogP contribution in [0.2, 0.25) is 0 Å². The Kier molecular flexibility index (Phi) is 9.94. The van der Waals surface area contributed by atoms with Crippen LogP contribution in [0.3, 0.4) is 0 Å². The van der Waals surface area contributed by atoms with E-state index in [4.69, 9.17) is 18.9 Å². The van der Waals surface area contributed by atoms with Crippen LogP contribution in [0.15, 0.2) is 86.2 Å². The maximum Gasteiger partial charge on any atom is 0.338 e. The molecule has 1 atom stereocenters. The van der Waals surface area contributed by atoms with Crippen molar-refractivity contribution in [2.75, 3.05) is 13.7 Å². The smallest absolute Gasteiger partial charge is 0.338 e. The highest BCUT2D eigenvalue weighted by atomic mass is 79.9. The van der Waals surface area contributed by atoms with Crippen molar-refractivity contribution in [1.29, 1.82) is 0 Å². The van der Waals surface area contributed by atoms with Crippen molar-refractivity contribution in [2.24, 2.45) is 4.99 Å². The molecule has 1 aliphatic rings. The van der Waals surface area contributed by atoms with Crippen molar-refractivity contribution < 1.29 is 23.7 Å². The van der Waals surface area contributed by atoms with Crippen molar-refractivity contribution >= 4 is 39.3 Å². The fourth-order valence-electron chi connectivity index (χ4n) is 5.11. The Bertz CT molecular complexity index is 1940. The SMILES string of the molecule is CCOC(=O)C1=C(C)N=c2s/c(=C/c3cc(Br)c(OCc4ccc(C)cc4)c(OC)c3)c(=O)n2[C@H]1c1ccccc1OC(C)C. The van der Waals surface area contributed by atoms with Crippen molar-refractivity contribution in [3.63, 3.8) is 0 Å². The summed E-state index contributed by atoms with van der Waals surface area (Å²) in [6.45, 7) is 9.98. The lowest BCUT2D eigenvalue weighted by molar-refractivity contribution is -0.139. The number of aryl methyl sites for hydroxylation is 1. The summed E-state index contributed by atoms with van der Waals surface area (Å²) in [4.78, 5) is 32.6. The summed E-state index contributed by atoms with van der Waals surface area (Å²) in [5, 5.41) is 0. The number of nitrogens with zero attached hydrogens (tertiary/aromatic N) is 2. The number of carbonyl (C=O) groups is 1. The second-order valence-corrected chi connectivity index (χ2v) is 12.7. The highest BCUT2D eigenvalue weighted by Crippen LogP contribution is 2.38. The first-order chi connectivity index (χ1) is 21.6. The minimum absolute atomic E-state index is 0.115. The number of hydrogen-bond donors (Lipinski definition) is 0. The van der Waals surface area contributed by atoms with E-state index in [9.17, 15) is 9.59 Å². The van der Waals surface area contributed by atoms with Gasteiger partial charge in [-0.25, -0.2) is 9.79 Å². The second kappa shape index (κ2) is 13.9. The number of thiazole rings is 1. The zero-order valence-electron chi connectivity index (χ0n) is 26.0. The van der Waals surface area contributed by atoms with Gasteiger partial charge in [-0.1, -0.05) is 59.4 Å². The molecule has 0 saturated heterocycles. The van der Waals surface area contributed by atoms with Gasteiger partial charge in [0.05, 0.1) is 40.1 Å². The molecule has 0 unspecified atom stereocenters. The lowest BCUT2D eigenvalue weighted by atomic mass is 9.95. The molecule has 0 radical (unpaired) electrons. The van der Waals surface area contributed by atoms with Gasteiger partial charge in [0.1, 0.15) is 18.4 Å². The predicted octanol–water partition coefficient (Wildman–Crippen LogP) is 6.24. The number of carbonyl (C=O) groups excluding carboxylic acids is 1. The number of para-hydroxylation sites is 1. The number of benzene rings is 3. The van der Waals surface area contributed by atoms with Crippen LogP contribution in [0.5, 0.6) is 17.2 Å². The summed E-state index contributed by atoms with van der Waals surface area (Å²) >= 11 is 4.88. The summed E-state index contributed by atoms with van der Waals surface area (Å²) in [6, 6.07) is 18.5. The Labute approximate surface area is 274 Å². The largest absolute Gasteiger partial charge is 0.493 e. The molecule has 0 N–H and O–H groups in total. The molecule has 1 aliphatic heterocycles. The first-order valence-electron chi connectivity index (χ1n) is 14.6. The number of fused-ring (bicyclic) bond motifs is 1. The van der Waals surface area contributed by atoms with E-state index < -0.39 is 12.0 Å². The number of hydrogen-bond acceptors (Lipinski definition) is 8. The monoisotopic (exact) mass is 690 g/mol. The third kappa shape index (κ3) is 6.92. The highest BCUT2D eigenvalue weighted by Gasteiger charge is 2.35. The summed E-state index contributed by atoms with van der Waals surface area (Å²) in [5.41, 5.74) is 4.13. The molecule has 234 valence electrons. The van der Waals surface area contributed by atoms with Gasteiger partial charge in [-0.3, -0.25) is 9.36 Å². The molecular weight excluding hydrogens is 656 g/mol. The topological polar surface area (TPSA) is 88.4 Å². The van der Waals surface area contributed by atoms with Crippen LogP contribution in [0.25, 0.3) is 6.08 Å². The Morgan fingerprint density at radius 2 is 1.82 bits per heavy atom. The number of esters is 1. The fraction of sp³-hybridized carbons (Fsp3) is 0.286. The lowest BCUT2D eigenvalue weighted by Gasteiger charge is -2.26. The Hall–Kier alpha value is -4.15. The van der Waals surface area contributed by atoms with Crippen LogP contribution < -0.4 is 29.1 Å². The van der Waals surface area contributed by atoms with E-state index in [1.54, 1.807) is 31.6 Å². The molecule has 4 aromatic rings. The molecular formula is C35H35BrN2O6S. The molecule has 0 fully saturated rings. The van der Waals surface area contributed by atoms with Gasteiger partial charge < -0.3 is 18.9 Å². The molecule has 2 heterocycles. The molecule has 3 aromatic carbocycles. The van der Waals surface area contributed by atoms with Crippen LogP contribution in [0, 0.1) is 6.92 Å². The first-order valence-corrected chi connectivity index (χ1v) is 16.2. The Balaban J connectivity index is 1.60. The number of allylic oxidation sites excluding steroid dienone is 1. The minimum atomic E-state index is -0.781. The minimum Gasteiger partial charge on any atom is -0.493 e. The van der Waals surface area contributed by atoms with Gasteiger partial charge >= 0.3 is 5.97 Å². The van der Waals surface area contributed by atoms with Crippen molar-refractivity contribution in [3.8, 4) is 17.2 Å². The van der Waals surface area contributed by atoms with Crippen molar-refractivity contribution in [3.05, 3.63) is 118 Å². The van der Waals surface area contributed by atoms with Crippen LogP contribution in [0.1, 0.15) is 56.0 Å². The van der Waals surface area contributed by atoms with Gasteiger partial charge in [0.2, 0.25) is 0 Å². The molecule has 45 heavy (non-hydrogen) atoms. The number of rotatable bonds is 10. The molecule has 0 spiro atoms. The lowest BCUT2D eigenvalue weighted by Crippen LogP contribution is -2.40. The van der Waals surface area contributed by atoms with Gasteiger partial charge in [-0.2, -0.15) is 0 Å². The van der Waals surface area contributed by atoms with Crippen LogP contribution in [0.4, 0.5) is 0 Å². The summed E-state index contributed by atoms with van der Waals surface area (Å²) in [6.07, 6.45) is 1.67. The maximum absolute atomic E-state index is 14.2. The molecule has 8 nitrogen and oxygen atoms in total. The van der Waals surface area contributed by atoms with E-state index in [2.05, 4.69) is 20.9 Å². The van der Waals surface area contributed by atoms with Crippen molar-refractivity contribution in [2.45, 2.75) is 53.4 Å². The second-order valence-electron chi connectivity index (χ2n) is 10.8. The van der Waals surface area contributed by atoms with Crippen LogP contribution in [-0.2, 0) is 16.1 Å². The molecule has 1 aromatic heterocycles. The number of halogens is 1. The van der Waals surface area contributed by atoms with E-state index in [0.717, 1.165) is 11.1 Å². The van der Waals surface area contributed by atoms with E-state index in [0.29, 0.717) is 54.5 Å². The average Bonchev–Trinajstić information content (AvgIpc) is 3.30.